The molecule has 0 radical (unpaired) electrons. The van der Waals surface area contributed by atoms with Gasteiger partial charge >= 0.3 is 0 Å². The van der Waals surface area contributed by atoms with Gasteiger partial charge < -0.3 is 19.7 Å². The first-order valence-corrected chi connectivity index (χ1v) is 20.2. The number of benzene rings is 2. The van der Waals surface area contributed by atoms with Crippen LogP contribution < -0.4 is 25.0 Å². The second kappa shape index (κ2) is 16.4. The third-order valence-electron chi connectivity index (χ3n) is 11.9. The number of piperidine rings is 1. The maximum atomic E-state index is 13.4. The average Bonchev–Trinajstić information content (AvgIpc) is 3.45. The number of halogens is 1. The van der Waals surface area contributed by atoms with Crippen LogP contribution in [0.3, 0.4) is 0 Å². The maximum absolute atomic E-state index is 13.4. The molecular formula is C43H48ClN7O7. The molecule has 0 bridgehead atoms. The van der Waals surface area contributed by atoms with Crippen molar-refractivity contribution in [1.29, 1.82) is 5.26 Å². The van der Waals surface area contributed by atoms with Crippen LogP contribution >= 0.6 is 11.6 Å². The zero-order chi connectivity index (χ0) is 41.4. The SMILES string of the molecule is CC1(C)C(NC(=O)c2ccc(N3CCN(CCCCCOc4ccc5c(c4)C(=O)N(C4CCC(=O)NC4=O)C5=O)CC3)cn2)C(C)(C)C1Oc1ccc(C#N)c(Cl)c1. The normalized spacial score (nSPS) is 22.4. The zero-order valence-electron chi connectivity index (χ0n) is 33.2. The van der Waals surface area contributed by atoms with Crippen LogP contribution in [0.2, 0.25) is 5.02 Å². The minimum Gasteiger partial charge on any atom is -0.494 e. The molecule has 7 rings (SSSR count). The number of aromatic nitrogens is 1. The maximum Gasteiger partial charge on any atom is 0.270 e. The summed E-state index contributed by atoms with van der Waals surface area (Å²) >= 11 is 6.23. The van der Waals surface area contributed by atoms with Gasteiger partial charge in [0.1, 0.15) is 35.4 Å². The number of anilines is 1. The molecule has 2 aromatic carbocycles. The molecule has 1 aliphatic carbocycles. The topological polar surface area (TPSA) is 174 Å². The number of hydrogen-bond acceptors (Lipinski definition) is 11. The van der Waals surface area contributed by atoms with Crippen molar-refractivity contribution in [2.75, 3.05) is 44.2 Å². The predicted octanol–water partition coefficient (Wildman–Crippen LogP) is 4.99. The standard InChI is InChI=1S/C43H48ClN7O7/c1-42(2)40(43(3,4)41(42)58-29-10-8-26(24-45)32(44)23-29)48-36(53)33-13-9-27(25-46-33)50-19-17-49(18-20-50)16-6-5-7-21-57-28-11-12-30-31(22-28)39(56)51(38(30)55)34-14-15-35(52)47-37(34)54/h8-13,22-23,25,34,40-41H,5-7,14-21H2,1-4H3,(H,48,53)(H,47,52,54). The Balaban J connectivity index is 0.807. The molecule has 0 spiro atoms. The van der Waals surface area contributed by atoms with Crippen LogP contribution in [-0.4, -0.2) is 102 Å². The Morgan fingerprint density at radius 3 is 2.33 bits per heavy atom. The number of hydrogen-bond donors (Lipinski definition) is 2. The molecule has 2 saturated heterocycles. The Hall–Kier alpha value is -5.52. The Morgan fingerprint density at radius 2 is 1.66 bits per heavy atom. The van der Waals surface area contributed by atoms with E-state index in [2.05, 4.69) is 59.2 Å². The monoisotopic (exact) mass is 809 g/mol. The van der Waals surface area contributed by atoms with E-state index in [0.29, 0.717) is 34.4 Å². The van der Waals surface area contributed by atoms with Gasteiger partial charge in [0, 0.05) is 55.5 Å². The third-order valence-corrected chi connectivity index (χ3v) is 12.3. The minimum absolute atomic E-state index is 0.0725. The Bertz CT molecular complexity index is 2140. The number of piperazine rings is 1. The number of ether oxygens (including phenoxy) is 2. The molecule has 304 valence electrons. The lowest BCUT2D eigenvalue weighted by atomic mass is 9.49. The van der Waals surface area contributed by atoms with Gasteiger partial charge in [0.25, 0.3) is 17.7 Å². The lowest BCUT2D eigenvalue weighted by Crippen LogP contribution is -2.74. The highest BCUT2D eigenvalue weighted by Gasteiger charge is 2.64. The van der Waals surface area contributed by atoms with Gasteiger partial charge in [0.15, 0.2) is 0 Å². The summed E-state index contributed by atoms with van der Waals surface area (Å²) in [5.41, 5.74) is 1.40. The van der Waals surface area contributed by atoms with Crippen molar-refractivity contribution in [3.8, 4) is 17.6 Å². The van der Waals surface area contributed by atoms with Gasteiger partial charge in [-0.1, -0.05) is 39.3 Å². The van der Waals surface area contributed by atoms with Crippen molar-refractivity contribution in [3.63, 3.8) is 0 Å². The van der Waals surface area contributed by atoms with E-state index in [4.69, 9.17) is 21.1 Å². The van der Waals surface area contributed by atoms with Gasteiger partial charge in [0.2, 0.25) is 11.8 Å². The quantitative estimate of drug-likeness (QED) is 0.176. The zero-order valence-corrected chi connectivity index (χ0v) is 33.9. The van der Waals surface area contributed by atoms with Gasteiger partial charge in [-0.05, 0) is 74.7 Å². The number of carbonyl (C=O) groups is 5. The molecule has 4 aliphatic rings. The van der Waals surface area contributed by atoms with E-state index in [1.807, 2.05) is 6.07 Å². The number of fused-ring (bicyclic) bond motifs is 1. The molecule has 15 heteroatoms. The Morgan fingerprint density at radius 1 is 0.931 bits per heavy atom. The molecule has 3 fully saturated rings. The summed E-state index contributed by atoms with van der Waals surface area (Å²) in [4.78, 5) is 73.5. The van der Waals surface area contributed by atoms with Crippen molar-refractivity contribution in [1.82, 2.24) is 25.4 Å². The summed E-state index contributed by atoms with van der Waals surface area (Å²) in [5.74, 6) is -1.29. The third kappa shape index (κ3) is 7.98. The minimum atomic E-state index is -0.999. The summed E-state index contributed by atoms with van der Waals surface area (Å²) < 4.78 is 12.3. The van der Waals surface area contributed by atoms with Gasteiger partial charge in [-0.25, -0.2) is 4.98 Å². The van der Waals surface area contributed by atoms with Crippen LogP contribution in [0.4, 0.5) is 5.69 Å². The molecule has 5 amide bonds. The highest BCUT2D eigenvalue weighted by Crippen LogP contribution is 2.55. The van der Waals surface area contributed by atoms with E-state index < -0.39 is 29.7 Å². The van der Waals surface area contributed by atoms with Gasteiger partial charge in [0.05, 0.1) is 40.2 Å². The number of nitrogens with zero attached hydrogens (tertiary/aromatic N) is 5. The van der Waals surface area contributed by atoms with Gasteiger partial charge in [-0.3, -0.25) is 39.1 Å². The lowest BCUT2D eigenvalue weighted by molar-refractivity contribution is -0.164. The molecule has 1 atom stereocenters. The highest BCUT2D eigenvalue weighted by molar-refractivity contribution is 6.31. The van der Waals surface area contributed by atoms with Crippen molar-refractivity contribution in [3.05, 3.63) is 82.1 Å². The van der Waals surface area contributed by atoms with Crippen LogP contribution in [0.15, 0.2) is 54.7 Å². The molecule has 2 N–H and O–H groups in total. The van der Waals surface area contributed by atoms with E-state index in [1.54, 1.807) is 48.7 Å². The second-order valence-corrected chi connectivity index (χ2v) is 17.0. The Kier molecular flexibility index (Phi) is 11.5. The summed E-state index contributed by atoms with van der Waals surface area (Å²) in [6.07, 6.45) is 4.56. The molecule has 1 unspecified atom stereocenters. The Labute approximate surface area is 342 Å². The first-order valence-electron chi connectivity index (χ1n) is 19.8. The molecule has 1 aromatic heterocycles. The largest absolute Gasteiger partial charge is 0.494 e. The molecule has 3 aromatic rings. The second-order valence-electron chi connectivity index (χ2n) is 16.6. The molecular weight excluding hydrogens is 762 g/mol. The van der Waals surface area contributed by atoms with Crippen LogP contribution in [0.25, 0.3) is 0 Å². The molecule has 3 aliphatic heterocycles. The number of amides is 5. The number of carbonyl (C=O) groups excluding carboxylic acids is 5. The molecule has 14 nitrogen and oxygen atoms in total. The predicted molar refractivity (Wildman–Crippen MR) is 215 cm³/mol. The van der Waals surface area contributed by atoms with Crippen molar-refractivity contribution < 1.29 is 33.4 Å². The van der Waals surface area contributed by atoms with Crippen molar-refractivity contribution >= 4 is 46.8 Å². The fourth-order valence-corrected chi connectivity index (χ4v) is 9.29. The summed E-state index contributed by atoms with van der Waals surface area (Å²) in [6, 6.07) is 14.4. The van der Waals surface area contributed by atoms with Crippen molar-refractivity contribution in [2.24, 2.45) is 10.8 Å². The smallest absolute Gasteiger partial charge is 0.270 e. The van der Waals surface area contributed by atoms with E-state index >= 15 is 0 Å². The van der Waals surface area contributed by atoms with E-state index in [9.17, 15) is 29.2 Å². The molecule has 1 saturated carbocycles. The van der Waals surface area contributed by atoms with Crippen LogP contribution in [0.5, 0.6) is 11.5 Å². The van der Waals surface area contributed by atoms with Gasteiger partial charge in [-0.2, -0.15) is 5.26 Å². The first-order chi connectivity index (χ1) is 27.7. The number of imide groups is 2. The fraction of sp³-hybridized carbons (Fsp3) is 0.465. The first kappa shape index (κ1) is 40.7. The highest BCUT2D eigenvalue weighted by atomic mass is 35.5. The number of pyridine rings is 1. The van der Waals surface area contributed by atoms with Gasteiger partial charge in [-0.15, -0.1) is 0 Å². The van der Waals surface area contributed by atoms with E-state index in [1.165, 1.54) is 0 Å². The number of nitrogens with one attached hydrogen (secondary N) is 2. The molecule has 58 heavy (non-hydrogen) atoms. The fourth-order valence-electron chi connectivity index (χ4n) is 9.08. The van der Waals surface area contributed by atoms with Crippen molar-refractivity contribution in [2.45, 2.75) is 78.0 Å². The average molecular weight is 810 g/mol. The van der Waals surface area contributed by atoms with Crippen LogP contribution in [0.1, 0.15) is 96.6 Å². The van der Waals surface area contributed by atoms with E-state index in [-0.39, 0.29) is 52.9 Å². The summed E-state index contributed by atoms with van der Waals surface area (Å²) in [7, 11) is 0. The van der Waals surface area contributed by atoms with E-state index in [0.717, 1.165) is 62.6 Å². The molecule has 4 heterocycles. The summed E-state index contributed by atoms with van der Waals surface area (Å²) in [5, 5.41) is 14.9. The summed E-state index contributed by atoms with van der Waals surface area (Å²) in [6.45, 7) is 13.3. The van der Waals surface area contributed by atoms with Crippen LogP contribution in [0, 0.1) is 22.2 Å². The van der Waals surface area contributed by atoms with Crippen LogP contribution in [-0.2, 0) is 9.59 Å². The lowest BCUT2D eigenvalue weighted by Gasteiger charge is -2.63. The number of nitriles is 1. The number of unbranched alkanes of at least 4 members (excludes halogenated alkanes) is 2. The number of rotatable bonds is 13.